The van der Waals surface area contributed by atoms with Crippen LogP contribution in [0.15, 0.2) is 12.2 Å². The van der Waals surface area contributed by atoms with Crippen molar-refractivity contribution in [2.24, 2.45) is 11.3 Å². The predicted octanol–water partition coefficient (Wildman–Crippen LogP) is 4.37. The van der Waals surface area contributed by atoms with Crippen LogP contribution in [0.2, 0.25) is 0 Å². The Labute approximate surface area is 95.0 Å². The van der Waals surface area contributed by atoms with E-state index in [4.69, 9.17) is 0 Å². The van der Waals surface area contributed by atoms with E-state index in [9.17, 15) is 4.79 Å². The largest absolute Gasteiger partial charge is 0.299 e. The standard InChI is InChI=1S/C14H26O/c1-6-7-8-9-10-11-13(15)12(2)14(3,4)5/h6-7,12H,8-11H2,1-5H3. The van der Waals surface area contributed by atoms with E-state index in [0.717, 1.165) is 25.7 Å². The first-order chi connectivity index (χ1) is 6.89. The molecule has 0 bridgehead atoms. The summed E-state index contributed by atoms with van der Waals surface area (Å²) in [5, 5.41) is 0. The van der Waals surface area contributed by atoms with Crippen LogP contribution in [0.4, 0.5) is 0 Å². The van der Waals surface area contributed by atoms with Gasteiger partial charge in [-0.15, -0.1) is 0 Å². The fourth-order valence-electron chi connectivity index (χ4n) is 1.43. The maximum atomic E-state index is 11.8. The molecule has 0 heterocycles. The molecular weight excluding hydrogens is 184 g/mol. The van der Waals surface area contributed by atoms with Gasteiger partial charge in [-0.1, -0.05) is 39.8 Å². The molecule has 0 aliphatic carbocycles. The highest BCUT2D eigenvalue weighted by atomic mass is 16.1. The lowest BCUT2D eigenvalue weighted by Crippen LogP contribution is -2.25. The fourth-order valence-corrected chi connectivity index (χ4v) is 1.43. The van der Waals surface area contributed by atoms with Crippen LogP contribution in [0.25, 0.3) is 0 Å². The number of unbranched alkanes of at least 4 members (excludes halogenated alkanes) is 2. The van der Waals surface area contributed by atoms with Crippen molar-refractivity contribution in [3.05, 3.63) is 12.2 Å². The summed E-state index contributed by atoms with van der Waals surface area (Å²) in [6.45, 7) is 10.5. The Kier molecular flexibility index (Phi) is 6.55. The maximum Gasteiger partial charge on any atom is 0.136 e. The third-order valence-electron chi connectivity index (χ3n) is 3.06. The summed E-state index contributed by atoms with van der Waals surface area (Å²) >= 11 is 0. The zero-order valence-electron chi connectivity index (χ0n) is 11.0. The Morgan fingerprint density at radius 1 is 1.27 bits per heavy atom. The monoisotopic (exact) mass is 210 g/mol. The highest BCUT2D eigenvalue weighted by Crippen LogP contribution is 2.27. The van der Waals surface area contributed by atoms with Crippen molar-refractivity contribution < 1.29 is 4.79 Å². The van der Waals surface area contributed by atoms with Crippen molar-refractivity contribution in [2.45, 2.75) is 60.3 Å². The zero-order valence-corrected chi connectivity index (χ0v) is 11.0. The first-order valence-electron chi connectivity index (χ1n) is 6.03. The molecule has 0 amide bonds. The topological polar surface area (TPSA) is 17.1 Å². The van der Waals surface area contributed by atoms with Crippen LogP contribution in [-0.2, 0) is 4.79 Å². The summed E-state index contributed by atoms with van der Waals surface area (Å²) in [6, 6.07) is 0. The smallest absolute Gasteiger partial charge is 0.136 e. The van der Waals surface area contributed by atoms with Crippen molar-refractivity contribution in [2.75, 3.05) is 0 Å². The Morgan fingerprint density at radius 2 is 1.87 bits per heavy atom. The molecule has 0 aromatic carbocycles. The molecule has 0 saturated heterocycles. The minimum absolute atomic E-state index is 0.112. The molecule has 1 heteroatoms. The fraction of sp³-hybridized carbons (Fsp3) is 0.786. The van der Waals surface area contributed by atoms with Crippen molar-refractivity contribution in [3.63, 3.8) is 0 Å². The third-order valence-corrected chi connectivity index (χ3v) is 3.06. The van der Waals surface area contributed by atoms with Gasteiger partial charge >= 0.3 is 0 Å². The van der Waals surface area contributed by atoms with Gasteiger partial charge in [0.25, 0.3) is 0 Å². The molecule has 88 valence electrons. The molecule has 0 aromatic heterocycles. The molecule has 1 unspecified atom stereocenters. The van der Waals surface area contributed by atoms with Gasteiger partial charge in [0.15, 0.2) is 0 Å². The molecule has 1 nitrogen and oxygen atoms in total. The second-order valence-corrected chi connectivity index (χ2v) is 5.37. The lowest BCUT2D eigenvalue weighted by atomic mass is 9.78. The van der Waals surface area contributed by atoms with Gasteiger partial charge < -0.3 is 0 Å². The van der Waals surface area contributed by atoms with Crippen LogP contribution in [0.1, 0.15) is 60.3 Å². The molecule has 0 fully saturated rings. The number of ketones is 1. The van der Waals surface area contributed by atoms with E-state index in [1.807, 2.05) is 13.8 Å². The highest BCUT2D eigenvalue weighted by Gasteiger charge is 2.25. The summed E-state index contributed by atoms with van der Waals surface area (Å²) in [5.41, 5.74) is 0.112. The molecule has 0 aliphatic heterocycles. The van der Waals surface area contributed by atoms with E-state index in [0.29, 0.717) is 5.78 Å². The molecule has 0 rings (SSSR count). The molecule has 0 radical (unpaired) electrons. The second kappa shape index (κ2) is 6.81. The van der Waals surface area contributed by atoms with Gasteiger partial charge in [0.1, 0.15) is 5.78 Å². The highest BCUT2D eigenvalue weighted by molar-refractivity contribution is 5.81. The van der Waals surface area contributed by atoms with E-state index >= 15 is 0 Å². The first kappa shape index (κ1) is 14.4. The summed E-state index contributed by atoms with van der Waals surface area (Å²) in [7, 11) is 0. The van der Waals surface area contributed by atoms with E-state index < -0.39 is 0 Å². The molecule has 0 aromatic rings. The molecule has 15 heavy (non-hydrogen) atoms. The van der Waals surface area contributed by atoms with Crippen LogP contribution in [-0.4, -0.2) is 5.78 Å². The van der Waals surface area contributed by atoms with Crippen molar-refractivity contribution >= 4 is 5.78 Å². The number of Topliss-reactive ketones (excluding diaryl/α,β-unsaturated/α-hetero) is 1. The quantitative estimate of drug-likeness (QED) is 0.470. The number of carbonyl (C=O) groups is 1. The maximum absolute atomic E-state index is 11.8. The average Bonchev–Trinajstić information content (AvgIpc) is 2.14. The minimum atomic E-state index is 0.112. The Hall–Kier alpha value is -0.590. The number of hydrogen-bond donors (Lipinski definition) is 0. The molecular formula is C14H26O. The third kappa shape index (κ3) is 6.48. The van der Waals surface area contributed by atoms with Gasteiger partial charge in [0.05, 0.1) is 0 Å². The van der Waals surface area contributed by atoms with Gasteiger partial charge in [-0.05, 0) is 31.6 Å². The summed E-state index contributed by atoms with van der Waals surface area (Å²) in [6.07, 6.45) is 8.25. The second-order valence-electron chi connectivity index (χ2n) is 5.37. The van der Waals surface area contributed by atoms with E-state index in [-0.39, 0.29) is 11.3 Å². The van der Waals surface area contributed by atoms with E-state index in [1.54, 1.807) is 0 Å². The lowest BCUT2D eigenvalue weighted by Gasteiger charge is -2.25. The number of hydrogen-bond acceptors (Lipinski definition) is 1. The molecule has 0 N–H and O–H groups in total. The van der Waals surface area contributed by atoms with Crippen molar-refractivity contribution in [1.82, 2.24) is 0 Å². The van der Waals surface area contributed by atoms with Gasteiger partial charge in [-0.25, -0.2) is 0 Å². The summed E-state index contributed by atoms with van der Waals surface area (Å²) in [5.74, 6) is 0.599. The van der Waals surface area contributed by atoms with Crippen molar-refractivity contribution in [3.8, 4) is 0 Å². The van der Waals surface area contributed by atoms with Crippen LogP contribution < -0.4 is 0 Å². The Bertz CT molecular complexity index is 208. The summed E-state index contributed by atoms with van der Waals surface area (Å²) in [4.78, 5) is 11.8. The Balaban J connectivity index is 3.75. The summed E-state index contributed by atoms with van der Waals surface area (Å²) < 4.78 is 0. The average molecular weight is 210 g/mol. The SMILES string of the molecule is CC=CCCCCC(=O)C(C)C(C)(C)C. The van der Waals surface area contributed by atoms with E-state index in [1.165, 1.54) is 0 Å². The van der Waals surface area contributed by atoms with Gasteiger partial charge in [-0.3, -0.25) is 4.79 Å². The normalized spacial score (nSPS) is 14.5. The number of rotatable bonds is 6. The number of carbonyl (C=O) groups excluding carboxylic acids is 1. The van der Waals surface area contributed by atoms with Gasteiger partial charge in [0, 0.05) is 12.3 Å². The molecule has 0 saturated carbocycles. The van der Waals surface area contributed by atoms with Crippen LogP contribution >= 0.6 is 0 Å². The van der Waals surface area contributed by atoms with E-state index in [2.05, 4.69) is 32.9 Å². The first-order valence-corrected chi connectivity index (χ1v) is 6.03. The van der Waals surface area contributed by atoms with Crippen LogP contribution in [0.3, 0.4) is 0 Å². The predicted molar refractivity (Wildman–Crippen MR) is 66.9 cm³/mol. The van der Waals surface area contributed by atoms with Crippen LogP contribution in [0.5, 0.6) is 0 Å². The lowest BCUT2D eigenvalue weighted by molar-refractivity contribution is -0.125. The molecule has 0 spiro atoms. The van der Waals surface area contributed by atoms with Gasteiger partial charge in [0.2, 0.25) is 0 Å². The van der Waals surface area contributed by atoms with Gasteiger partial charge in [-0.2, -0.15) is 0 Å². The Morgan fingerprint density at radius 3 is 2.33 bits per heavy atom. The molecule has 0 aliphatic rings. The zero-order chi connectivity index (χ0) is 11.9. The van der Waals surface area contributed by atoms with Crippen LogP contribution in [0, 0.1) is 11.3 Å². The molecule has 1 atom stereocenters. The number of allylic oxidation sites excluding steroid dienone is 2. The van der Waals surface area contributed by atoms with Crippen molar-refractivity contribution in [1.29, 1.82) is 0 Å². The minimum Gasteiger partial charge on any atom is -0.299 e.